The minimum absolute atomic E-state index is 0.325. The zero-order valence-electron chi connectivity index (χ0n) is 12.3. The molecule has 17 heavy (non-hydrogen) atoms. The summed E-state index contributed by atoms with van der Waals surface area (Å²) in [6.07, 6.45) is 9.09. The lowest BCUT2D eigenvalue weighted by Gasteiger charge is -2.36. The second kappa shape index (κ2) is 5.53. The molecule has 0 aromatic rings. The molecule has 0 saturated heterocycles. The van der Waals surface area contributed by atoms with Crippen LogP contribution in [0, 0.1) is 5.92 Å². The van der Waals surface area contributed by atoms with Crippen molar-refractivity contribution in [2.75, 3.05) is 6.61 Å². The Morgan fingerprint density at radius 2 is 2.00 bits per heavy atom. The highest BCUT2D eigenvalue weighted by molar-refractivity contribution is 6.74. The fourth-order valence-corrected chi connectivity index (χ4v) is 2.87. The Kier molecular flexibility index (Phi) is 4.79. The van der Waals surface area contributed by atoms with Crippen LogP contribution in [0.4, 0.5) is 0 Å². The van der Waals surface area contributed by atoms with Crippen LogP contribution >= 0.6 is 0 Å². The van der Waals surface area contributed by atoms with E-state index in [0.29, 0.717) is 11.0 Å². The number of rotatable bonds is 4. The van der Waals surface area contributed by atoms with E-state index in [1.54, 1.807) is 0 Å². The van der Waals surface area contributed by atoms with Gasteiger partial charge in [0, 0.05) is 6.61 Å². The Balaban J connectivity index is 2.34. The van der Waals surface area contributed by atoms with E-state index in [0.717, 1.165) is 13.0 Å². The summed E-state index contributed by atoms with van der Waals surface area (Å²) < 4.78 is 6.22. The highest BCUT2D eigenvalue weighted by Gasteiger charge is 2.36. The molecule has 0 N–H and O–H groups in total. The standard InChI is InChI=1S/C15H28OSi/c1-13-8-7-9-14(12-13)10-11-16-17(5,6)15(2,3)4/h7-9,14H,10-12H2,1-6H3. The van der Waals surface area contributed by atoms with Crippen LogP contribution in [0.25, 0.3) is 0 Å². The van der Waals surface area contributed by atoms with Crippen molar-refractivity contribution in [3.8, 4) is 0 Å². The largest absolute Gasteiger partial charge is 0.417 e. The van der Waals surface area contributed by atoms with Gasteiger partial charge in [0.1, 0.15) is 0 Å². The van der Waals surface area contributed by atoms with Crippen LogP contribution in [0.15, 0.2) is 23.8 Å². The van der Waals surface area contributed by atoms with Crippen molar-refractivity contribution < 1.29 is 4.43 Å². The average Bonchev–Trinajstić information content (AvgIpc) is 2.15. The lowest BCUT2D eigenvalue weighted by Crippen LogP contribution is -2.41. The van der Waals surface area contributed by atoms with Gasteiger partial charge in [-0.3, -0.25) is 0 Å². The van der Waals surface area contributed by atoms with Crippen LogP contribution in [-0.2, 0) is 4.43 Å². The number of hydrogen-bond acceptors (Lipinski definition) is 1. The molecule has 98 valence electrons. The summed E-state index contributed by atoms with van der Waals surface area (Å²) in [4.78, 5) is 0. The van der Waals surface area contributed by atoms with Crippen molar-refractivity contribution >= 4 is 8.32 Å². The molecule has 0 aliphatic heterocycles. The van der Waals surface area contributed by atoms with Gasteiger partial charge >= 0.3 is 0 Å². The van der Waals surface area contributed by atoms with Crippen LogP contribution < -0.4 is 0 Å². The van der Waals surface area contributed by atoms with Crippen LogP contribution in [0.5, 0.6) is 0 Å². The molecule has 0 fully saturated rings. The van der Waals surface area contributed by atoms with E-state index in [1.165, 1.54) is 12.0 Å². The van der Waals surface area contributed by atoms with Gasteiger partial charge in [-0.25, -0.2) is 0 Å². The zero-order chi connectivity index (χ0) is 13.1. The normalized spacial score (nSPS) is 21.5. The Morgan fingerprint density at radius 1 is 1.35 bits per heavy atom. The molecule has 1 unspecified atom stereocenters. The van der Waals surface area contributed by atoms with E-state index in [9.17, 15) is 0 Å². The highest BCUT2D eigenvalue weighted by atomic mass is 28.4. The molecule has 0 bridgehead atoms. The quantitative estimate of drug-likeness (QED) is 0.645. The summed E-state index contributed by atoms with van der Waals surface area (Å²) in [5.74, 6) is 0.685. The molecular formula is C15H28OSi. The van der Waals surface area contributed by atoms with E-state index in [1.807, 2.05) is 0 Å². The number of allylic oxidation sites excluding steroid dienone is 4. The van der Waals surface area contributed by atoms with Gasteiger partial charge in [-0.15, -0.1) is 0 Å². The summed E-state index contributed by atoms with van der Waals surface area (Å²) >= 11 is 0. The molecule has 0 saturated carbocycles. The first-order chi connectivity index (χ1) is 7.72. The molecule has 0 spiro atoms. The molecule has 0 aromatic heterocycles. The summed E-state index contributed by atoms with van der Waals surface area (Å²) in [6, 6.07) is 0. The van der Waals surface area contributed by atoms with E-state index >= 15 is 0 Å². The van der Waals surface area contributed by atoms with E-state index < -0.39 is 8.32 Å². The lowest BCUT2D eigenvalue weighted by atomic mass is 9.93. The van der Waals surface area contributed by atoms with Gasteiger partial charge in [-0.2, -0.15) is 0 Å². The highest BCUT2D eigenvalue weighted by Crippen LogP contribution is 2.36. The maximum Gasteiger partial charge on any atom is 0.191 e. The molecule has 1 aliphatic carbocycles. The van der Waals surface area contributed by atoms with Crippen molar-refractivity contribution in [2.45, 2.75) is 58.7 Å². The van der Waals surface area contributed by atoms with Crippen molar-refractivity contribution in [3.05, 3.63) is 23.8 Å². The van der Waals surface area contributed by atoms with E-state index in [-0.39, 0.29) is 0 Å². The summed E-state index contributed by atoms with van der Waals surface area (Å²) in [5.41, 5.74) is 1.49. The fraction of sp³-hybridized carbons (Fsp3) is 0.733. The molecule has 1 atom stereocenters. The molecule has 1 aliphatic rings. The molecule has 0 amide bonds. The topological polar surface area (TPSA) is 9.23 Å². The Hall–Kier alpha value is -0.343. The summed E-state index contributed by atoms with van der Waals surface area (Å²) in [7, 11) is -1.55. The minimum atomic E-state index is -1.55. The SMILES string of the molecule is CC1=CC=CC(CCO[Si](C)(C)C(C)(C)C)C1. The van der Waals surface area contributed by atoms with Crippen LogP contribution in [0.1, 0.15) is 40.5 Å². The van der Waals surface area contributed by atoms with Crippen LogP contribution in [0.3, 0.4) is 0 Å². The van der Waals surface area contributed by atoms with Crippen LogP contribution in [-0.4, -0.2) is 14.9 Å². The molecular weight excluding hydrogens is 224 g/mol. The monoisotopic (exact) mass is 252 g/mol. The van der Waals surface area contributed by atoms with Crippen molar-refractivity contribution in [2.24, 2.45) is 5.92 Å². The van der Waals surface area contributed by atoms with Crippen molar-refractivity contribution in [3.63, 3.8) is 0 Å². The Morgan fingerprint density at radius 3 is 2.53 bits per heavy atom. The lowest BCUT2D eigenvalue weighted by molar-refractivity contribution is 0.266. The first kappa shape index (κ1) is 14.7. The minimum Gasteiger partial charge on any atom is -0.417 e. The molecule has 0 heterocycles. The van der Waals surface area contributed by atoms with Gasteiger partial charge in [-0.05, 0) is 43.8 Å². The smallest absolute Gasteiger partial charge is 0.191 e. The molecule has 0 radical (unpaired) electrons. The van der Waals surface area contributed by atoms with E-state index in [2.05, 4.69) is 59.0 Å². The number of hydrogen-bond donors (Lipinski definition) is 0. The first-order valence-corrected chi connectivity index (χ1v) is 9.61. The van der Waals surface area contributed by atoms with E-state index in [4.69, 9.17) is 4.43 Å². The second-order valence-corrected chi connectivity index (χ2v) is 11.6. The molecule has 1 rings (SSSR count). The summed E-state index contributed by atoms with van der Waals surface area (Å²) in [5, 5.41) is 0.325. The van der Waals surface area contributed by atoms with Gasteiger partial charge in [0.15, 0.2) is 8.32 Å². The molecule has 0 aromatic carbocycles. The maximum atomic E-state index is 6.22. The predicted octanol–water partition coefficient (Wildman–Crippen LogP) is 4.92. The van der Waals surface area contributed by atoms with Crippen molar-refractivity contribution in [1.82, 2.24) is 0 Å². The predicted molar refractivity (Wildman–Crippen MR) is 78.8 cm³/mol. The van der Waals surface area contributed by atoms with Crippen LogP contribution in [0.2, 0.25) is 18.1 Å². The van der Waals surface area contributed by atoms with Gasteiger partial charge in [0.05, 0.1) is 0 Å². The Labute approximate surface area is 108 Å². The maximum absolute atomic E-state index is 6.22. The third-order valence-electron chi connectivity index (χ3n) is 4.11. The zero-order valence-corrected chi connectivity index (χ0v) is 13.3. The van der Waals surface area contributed by atoms with Gasteiger partial charge < -0.3 is 4.43 Å². The second-order valence-electron chi connectivity index (χ2n) is 6.76. The average molecular weight is 252 g/mol. The first-order valence-electron chi connectivity index (χ1n) is 6.70. The van der Waals surface area contributed by atoms with Gasteiger partial charge in [0.2, 0.25) is 0 Å². The van der Waals surface area contributed by atoms with Crippen molar-refractivity contribution in [1.29, 1.82) is 0 Å². The van der Waals surface area contributed by atoms with Gasteiger partial charge in [0.25, 0.3) is 0 Å². The fourth-order valence-electron chi connectivity index (χ4n) is 1.81. The van der Waals surface area contributed by atoms with Gasteiger partial charge in [-0.1, -0.05) is 44.6 Å². The molecule has 2 heteroatoms. The Bertz CT molecular complexity index is 307. The summed E-state index contributed by atoms with van der Waals surface area (Å²) in [6.45, 7) is 14.7. The third-order valence-corrected chi connectivity index (χ3v) is 8.64. The third kappa shape index (κ3) is 4.44. The molecule has 1 nitrogen and oxygen atoms in total.